The van der Waals surface area contributed by atoms with Crippen LogP contribution in [0, 0.1) is 0 Å². The monoisotopic (exact) mass is 478 g/mol. The zero-order valence-corrected chi connectivity index (χ0v) is 19.2. The zero-order valence-electron chi connectivity index (χ0n) is 16.0. The van der Waals surface area contributed by atoms with Crippen molar-refractivity contribution in [2.24, 2.45) is 4.99 Å². The Balaban J connectivity index is 1.96. The van der Waals surface area contributed by atoms with Gasteiger partial charge in [0.2, 0.25) is 0 Å². The van der Waals surface area contributed by atoms with E-state index in [0.717, 1.165) is 4.88 Å². The second kappa shape index (κ2) is 8.51. The van der Waals surface area contributed by atoms with Crippen molar-refractivity contribution < 1.29 is 9.53 Å². The molecular weight excluding hydrogens is 463 g/mol. The fourth-order valence-corrected chi connectivity index (χ4v) is 5.50. The van der Waals surface area contributed by atoms with Crippen molar-refractivity contribution in [3.63, 3.8) is 0 Å². The first-order chi connectivity index (χ1) is 14.4. The average Bonchev–Trinajstić information content (AvgIpc) is 3.33. The second-order valence-electron chi connectivity index (χ2n) is 6.46. The van der Waals surface area contributed by atoms with Crippen LogP contribution in [-0.2, 0) is 9.53 Å². The molecule has 3 heterocycles. The van der Waals surface area contributed by atoms with E-state index in [-0.39, 0.29) is 12.2 Å². The van der Waals surface area contributed by atoms with E-state index >= 15 is 0 Å². The zero-order chi connectivity index (χ0) is 21.4. The lowest BCUT2D eigenvalue weighted by molar-refractivity contribution is -0.139. The maximum atomic E-state index is 13.4. The Bertz CT molecular complexity index is 1340. The molecule has 0 radical (unpaired) electrons. The summed E-state index contributed by atoms with van der Waals surface area (Å²) in [5, 5.41) is 2.70. The van der Waals surface area contributed by atoms with Gasteiger partial charge in [-0.05, 0) is 43.0 Å². The van der Waals surface area contributed by atoms with Crippen molar-refractivity contribution in [1.29, 1.82) is 0 Å². The first kappa shape index (κ1) is 21.1. The van der Waals surface area contributed by atoms with E-state index in [1.807, 2.05) is 17.5 Å². The summed E-state index contributed by atoms with van der Waals surface area (Å²) >= 11 is 15.1. The molecule has 9 heteroatoms. The predicted octanol–water partition coefficient (Wildman–Crippen LogP) is 4.17. The van der Waals surface area contributed by atoms with E-state index in [1.54, 1.807) is 42.7 Å². The topological polar surface area (TPSA) is 60.7 Å². The lowest BCUT2D eigenvalue weighted by Crippen LogP contribution is -2.39. The van der Waals surface area contributed by atoms with Gasteiger partial charge in [0.15, 0.2) is 4.80 Å². The molecule has 3 aromatic rings. The number of benzene rings is 1. The standard InChI is InChI=1S/C21H16Cl2N2O3S2/c1-3-28-20(27)16-11(2)24-21-25(18(16)14-8-5-9-29-14)19(26)15(30-21)10-12-6-4-7-13(22)17(12)23/h4-10,18H,3H2,1-2H3/b15-10-/t18-/m1/s1. The van der Waals surface area contributed by atoms with Crippen LogP contribution in [0.25, 0.3) is 6.08 Å². The predicted molar refractivity (Wildman–Crippen MR) is 121 cm³/mol. The second-order valence-corrected chi connectivity index (χ2v) is 9.23. The van der Waals surface area contributed by atoms with Gasteiger partial charge >= 0.3 is 5.97 Å². The molecule has 5 nitrogen and oxygen atoms in total. The third-order valence-corrected chi connectivity index (χ3v) is 7.34. The van der Waals surface area contributed by atoms with Gasteiger partial charge in [0, 0.05) is 4.88 Å². The number of carbonyl (C=O) groups excluding carboxylic acids is 1. The van der Waals surface area contributed by atoms with Gasteiger partial charge < -0.3 is 4.74 Å². The highest BCUT2D eigenvalue weighted by Gasteiger charge is 2.33. The molecule has 0 N–H and O–H groups in total. The van der Waals surface area contributed by atoms with Crippen LogP contribution in [0.2, 0.25) is 10.0 Å². The molecule has 30 heavy (non-hydrogen) atoms. The first-order valence-electron chi connectivity index (χ1n) is 9.09. The molecule has 2 aromatic heterocycles. The molecule has 0 amide bonds. The van der Waals surface area contributed by atoms with Crippen LogP contribution in [-0.4, -0.2) is 17.1 Å². The van der Waals surface area contributed by atoms with Crippen molar-refractivity contribution >= 4 is 57.9 Å². The Morgan fingerprint density at radius 1 is 1.30 bits per heavy atom. The SMILES string of the molecule is CCOC(=O)C1=C(C)N=c2s/c(=C\c3cccc(Cl)c3Cl)c(=O)n2[C@@H]1c1cccs1. The highest BCUT2D eigenvalue weighted by Crippen LogP contribution is 2.33. The van der Waals surface area contributed by atoms with Crippen LogP contribution < -0.4 is 14.9 Å². The molecule has 0 fully saturated rings. The number of esters is 1. The summed E-state index contributed by atoms with van der Waals surface area (Å²) in [6, 6.07) is 8.46. The number of fused-ring (bicyclic) bond motifs is 1. The average molecular weight is 479 g/mol. The summed E-state index contributed by atoms with van der Waals surface area (Å²) in [7, 11) is 0. The van der Waals surface area contributed by atoms with Gasteiger partial charge in [0.1, 0.15) is 6.04 Å². The van der Waals surface area contributed by atoms with Crippen LogP contribution in [0.5, 0.6) is 0 Å². The number of rotatable bonds is 4. The minimum atomic E-state index is -0.586. The number of carbonyl (C=O) groups is 1. The molecular formula is C21H16Cl2N2O3S2. The van der Waals surface area contributed by atoms with Crippen LogP contribution >= 0.6 is 45.9 Å². The van der Waals surface area contributed by atoms with Crippen LogP contribution in [0.1, 0.15) is 30.3 Å². The number of thiophene rings is 1. The lowest BCUT2D eigenvalue weighted by Gasteiger charge is -2.23. The summed E-state index contributed by atoms with van der Waals surface area (Å²) in [5.74, 6) is -0.468. The number of aromatic nitrogens is 1. The lowest BCUT2D eigenvalue weighted by atomic mass is 10.0. The Hall–Kier alpha value is -2.19. The highest BCUT2D eigenvalue weighted by atomic mass is 35.5. The molecule has 0 aliphatic carbocycles. The summed E-state index contributed by atoms with van der Waals surface area (Å²) in [4.78, 5) is 32.0. The molecule has 0 spiro atoms. The summed E-state index contributed by atoms with van der Waals surface area (Å²) in [5.41, 5.74) is 1.31. The van der Waals surface area contributed by atoms with E-state index in [9.17, 15) is 9.59 Å². The Labute approximate surface area is 190 Å². The fraction of sp³-hybridized carbons (Fsp3) is 0.190. The summed E-state index contributed by atoms with van der Waals surface area (Å²) in [6.45, 7) is 3.75. The Morgan fingerprint density at radius 2 is 2.10 bits per heavy atom. The maximum Gasteiger partial charge on any atom is 0.338 e. The molecule has 0 bridgehead atoms. The highest BCUT2D eigenvalue weighted by molar-refractivity contribution is 7.10. The normalized spacial score (nSPS) is 16.4. The molecule has 4 rings (SSSR count). The quantitative estimate of drug-likeness (QED) is 0.528. The van der Waals surface area contributed by atoms with Crippen molar-refractivity contribution in [2.75, 3.05) is 6.61 Å². The smallest absolute Gasteiger partial charge is 0.338 e. The molecule has 1 atom stereocenters. The Morgan fingerprint density at radius 3 is 2.80 bits per heavy atom. The van der Waals surface area contributed by atoms with Gasteiger partial charge in [-0.2, -0.15) is 0 Å². The van der Waals surface area contributed by atoms with E-state index in [4.69, 9.17) is 27.9 Å². The number of ether oxygens (including phenoxy) is 1. The van der Waals surface area contributed by atoms with Crippen LogP contribution in [0.4, 0.5) is 0 Å². The van der Waals surface area contributed by atoms with Gasteiger partial charge in [-0.3, -0.25) is 9.36 Å². The Kier molecular flexibility index (Phi) is 5.97. The largest absolute Gasteiger partial charge is 0.463 e. The van der Waals surface area contributed by atoms with Gasteiger partial charge in [0.05, 0.1) is 32.5 Å². The van der Waals surface area contributed by atoms with E-state index in [1.165, 1.54) is 22.7 Å². The van der Waals surface area contributed by atoms with Crippen molar-refractivity contribution in [3.05, 3.63) is 87.2 Å². The van der Waals surface area contributed by atoms with Crippen molar-refractivity contribution in [1.82, 2.24) is 4.57 Å². The van der Waals surface area contributed by atoms with Crippen LogP contribution in [0.3, 0.4) is 0 Å². The van der Waals surface area contributed by atoms with E-state index in [2.05, 4.69) is 4.99 Å². The number of hydrogen-bond acceptors (Lipinski definition) is 6. The van der Waals surface area contributed by atoms with Gasteiger partial charge in [-0.25, -0.2) is 9.79 Å². The number of hydrogen-bond donors (Lipinski definition) is 0. The van der Waals surface area contributed by atoms with E-state index in [0.29, 0.717) is 36.2 Å². The summed E-state index contributed by atoms with van der Waals surface area (Å²) < 4.78 is 7.27. The van der Waals surface area contributed by atoms with Crippen LogP contribution in [0.15, 0.2) is 56.8 Å². The minimum Gasteiger partial charge on any atom is -0.463 e. The number of halogens is 2. The molecule has 0 saturated carbocycles. The number of nitrogens with zero attached hydrogens (tertiary/aromatic N) is 2. The molecule has 1 aliphatic heterocycles. The molecule has 1 aromatic carbocycles. The van der Waals surface area contributed by atoms with Crippen molar-refractivity contribution in [2.45, 2.75) is 19.9 Å². The third-order valence-electron chi connectivity index (χ3n) is 4.60. The van der Waals surface area contributed by atoms with Gasteiger partial charge in [-0.1, -0.05) is 52.7 Å². The van der Waals surface area contributed by atoms with E-state index < -0.39 is 12.0 Å². The molecule has 0 saturated heterocycles. The van der Waals surface area contributed by atoms with Gasteiger partial charge in [-0.15, -0.1) is 11.3 Å². The molecule has 1 aliphatic rings. The summed E-state index contributed by atoms with van der Waals surface area (Å²) in [6.07, 6.45) is 1.70. The number of thiazole rings is 1. The molecule has 0 unspecified atom stereocenters. The maximum absolute atomic E-state index is 13.4. The number of allylic oxidation sites excluding steroid dienone is 1. The third kappa shape index (κ3) is 3.67. The first-order valence-corrected chi connectivity index (χ1v) is 11.5. The molecule has 154 valence electrons. The minimum absolute atomic E-state index is 0.241. The van der Waals surface area contributed by atoms with Crippen molar-refractivity contribution in [3.8, 4) is 0 Å². The fourth-order valence-electron chi connectivity index (χ4n) is 3.28. The van der Waals surface area contributed by atoms with Gasteiger partial charge in [0.25, 0.3) is 5.56 Å².